The van der Waals surface area contributed by atoms with Gasteiger partial charge in [0.1, 0.15) is 0 Å². The predicted molar refractivity (Wildman–Crippen MR) is 260 cm³/mol. The third-order valence-electron chi connectivity index (χ3n) is 10.8. The third kappa shape index (κ3) is 39.9. The number of amides is 2. The van der Waals surface area contributed by atoms with E-state index in [2.05, 4.69) is 24.5 Å². The molecule has 0 saturated heterocycles. The first-order chi connectivity index (χ1) is 30.5. The molecule has 64 heavy (non-hydrogen) atoms. The molecule has 13 heteroatoms. The van der Waals surface area contributed by atoms with Crippen molar-refractivity contribution in [3.05, 3.63) is 0 Å². The number of ether oxygens (including phenoxy) is 5. The summed E-state index contributed by atoms with van der Waals surface area (Å²) in [6.07, 6.45) is 30.7. The first-order valence-corrected chi connectivity index (χ1v) is 27.9. The Kier molecular flexibility index (Phi) is 38.3. The fraction of sp³-hybridized carbons (Fsp3) is 0.902. The molecule has 0 spiro atoms. The number of esters is 3. The van der Waals surface area contributed by atoms with Crippen LogP contribution in [0, 0.1) is 0 Å². The van der Waals surface area contributed by atoms with Crippen LogP contribution in [0.2, 0.25) is 10.6 Å². The fourth-order valence-electron chi connectivity index (χ4n) is 7.06. The van der Waals surface area contributed by atoms with E-state index in [1.54, 1.807) is 20.8 Å². The molecule has 0 heterocycles. The van der Waals surface area contributed by atoms with E-state index in [1.807, 2.05) is 20.8 Å². The van der Waals surface area contributed by atoms with Gasteiger partial charge >= 0.3 is 301 Å². The molecule has 0 saturated carbocycles. The SMILES string of the molecule is CCCCCCCCCCCCCCCC(=O)OC[C@H](C[Se]C[C@H](NC(=O)OC(C)(C)C)C(=O)N[C@@H](COC(C)(C)C)C(=O)OC)OC(=O)CCCCCCCCCCCCCCC. The van der Waals surface area contributed by atoms with Crippen LogP contribution in [0.4, 0.5) is 4.79 Å². The third-order valence-corrected chi connectivity index (χ3v) is 13.2. The van der Waals surface area contributed by atoms with Gasteiger partial charge in [0.15, 0.2) is 0 Å². The molecule has 0 aromatic rings. The number of hydrogen-bond donors (Lipinski definition) is 2. The van der Waals surface area contributed by atoms with E-state index in [1.165, 1.54) is 136 Å². The van der Waals surface area contributed by atoms with Gasteiger partial charge in [0, 0.05) is 0 Å². The van der Waals surface area contributed by atoms with E-state index in [-0.39, 0.29) is 51.8 Å². The summed E-state index contributed by atoms with van der Waals surface area (Å²) in [6.45, 7) is 15.0. The van der Waals surface area contributed by atoms with Gasteiger partial charge in [-0.2, -0.15) is 0 Å². The summed E-state index contributed by atoms with van der Waals surface area (Å²) < 4.78 is 27.7. The molecule has 0 aliphatic heterocycles. The van der Waals surface area contributed by atoms with E-state index in [0.717, 1.165) is 38.5 Å². The molecule has 0 aromatic heterocycles. The number of nitrogens with one attached hydrogen (secondary N) is 2. The summed E-state index contributed by atoms with van der Waals surface area (Å²) in [4.78, 5) is 65.1. The molecule has 2 amide bonds. The van der Waals surface area contributed by atoms with Crippen molar-refractivity contribution < 1.29 is 47.7 Å². The minimum absolute atomic E-state index is 0.0751. The zero-order chi connectivity index (χ0) is 47.9. The summed E-state index contributed by atoms with van der Waals surface area (Å²) in [7, 11) is 1.23. The number of unbranched alkanes of at least 4 members (excludes halogenated alkanes) is 24. The van der Waals surface area contributed by atoms with E-state index < -0.39 is 47.4 Å². The molecule has 376 valence electrons. The topological polar surface area (TPSA) is 156 Å². The number of alkyl carbamates (subject to hydrolysis) is 1. The van der Waals surface area contributed by atoms with Crippen LogP contribution >= 0.6 is 0 Å². The van der Waals surface area contributed by atoms with Crippen LogP contribution in [0.1, 0.15) is 235 Å². The average molecular weight is 976 g/mol. The van der Waals surface area contributed by atoms with Gasteiger partial charge in [0.25, 0.3) is 0 Å². The van der Waals surface area contributed by atoms with Crippen molar-refractivity contribution in [3.63, 3.8) is 0 Å². The molecule has 0 rings (SSSR count). The van der Waals surface area contributed by atoms with Gasteiger partial charge < -0.3 is 0 Å². The van der Waals surface area contributed by atoms with Crippen LogP contribution in [0.3, 0.4) is 0 Å². The summed E-state index contributed by atoms with van der Waals surface area (Å²) in [6, 6.07) is -2.18. The van der Waals surface area contributed by atoms with Gasteiger partial charge in [-0.3, -0.25) is 0 Å². The predicted octanol–water partition coefficient (Wildman–Crippen LogP) is 12.3. The second kappa shape index (κ2) is 39.8. The van der Waals surface area contributed by atoms with E-state index >= 15 is 0 Å². The summed E-state index contributed by atoms with van der Waals surface area (Å²) >= 11 is -0.373. The number of rotatable bonds is 41. The Balaban J connectivity index is 5.30. The Labute approximate surface area is 397 Å². The van der Waals surface area contributed by atoms with Crippen LogP contribution in [-0.4, -0.2) is 94.6 Å². The second-order valence-electron chi connectivity index (χ2n) is 19.5. The number of carbonyl (C=O) groups excluding carboxylic acids is 5. The molecule has 2 N–H and O–H groups in total. The second-order valence-corrected chi connectivity index (χ2v) is 21.8. The molecule has 3 atom stereocenters. The van der Waals surface area contributed by atoms with Gasteiger partial charge in [0.05, 0.1) is 0 Å². The van der Waals surface area contributed by atoms with Crippen LogP contribution in [0.15, 0.2) is 0 Å². The zero-order valence-electron chi connectivity index (χ0n) is 42.4. The summed E-state index contributed by atoms with van der Waals surface area (Å²) in [5.74, 6) is -1.95. The maximum absolute atomic E-state index is 13.6. The van der Waals surface area contributed by atoms with Crippen LogP contribution in [0.25, 0.3) is 0 Å². The van der Waals surface area contributed by atoms with Crippen molar-refractivity contribution in [1.82, 2.24) is 10.6 Å². The molecular formula is C51H96N2O10Se. The first kappa shape index (κ1) is 61.6. The van der Waals surface area contributed by atoms with Crippen molar-refractivity contribution in [3.8, 4) is 0 Å². The Morgan fingerprint density at radius 1 is 0.500 bits per heavy atom. The fourth-order valence-corrected chi connectivity index (χ4v) is 9.23. The Bertz CT molecular complexity index is 1200. The summed E-state index contributed by atoms with van der Waals surface area (Å²) in [5, 5.41) is 5.86. The quantitative estimate of drug-likeness (QED) is 0.0262. The van der Waals surface area contributed by atoms with Crippen LogP contribution in [-0.2, 0) is 42.9 Å². The zero-order valence-corrected chi connectivity index (χ0v) is 44.1. The molecule has 0 aliphatic carbocycles. The minimum Gasteiger partial charge on any atom is -0.0654 e. The molecule has 0 aliphatic rings. The van der Waals surface area contributed by atoms with Crippen molar-refractivity contribution >= 4 is 44.9 Å². The number of carbonyl (C=O) groups is 5. The van der Waals surface area contributed by atoms with Gasteiger partial charge in [-0.1, -0.05) is 97.3 Å². The monoisotopic (exact) mass is 977 g/mol. The van der Waals surface area contributed by atoms with E-state index in [4.69, 9.17) is 23.7 Å². The van der Waals surface area contributed by atoms with Crippen LogP contribution < -0.4 is 10.6 Å². The van der Waals surface area contributed by atoms with E-state index in [9.17, 15) is 24.0 Å². The first-order valence-electron chi connectivity index (χ1n) is 25.5. The van der Waals surface area contributed by atoms with E-state index in [0.29, 0.717) is 11.7 Å². The maximum atomic E-state index is 13.6. The standard InChI is InChI=1S/C51H96N2O10Se/c1-10-12-14-16-18-20-22-24-26-28-30-32-34-36-45(54)60-38-42(62-46(55)37-35-33-31-29-27-25-23-21-19-17-15-13-11-2)40-64-41-44(53-49(58)63-51(6,7)8)47(56)52-43(48(57)59-9)39-61-50(3,4)5/h42-44H,10-41H2,1-9H3,(H,52,56)(H,53,58)/t42-,43+,44+/m1/s1. The van der Waals surface area contributed by atoms with Crippen LogP contribution in [0.5, 0.6) is 0 Å². The molecule has 0 fully saturated rings. The van der Waals surface area contributed by atoms with Crippen molar-refractivity contribution in [1.29, 1.82) is 0 Å². The molecule has 0 radical (unpaired) electrons. The molecule has 0 unspecified atom stereocenters. The van der Waals surface area contributed by atoms with Crippen molar-refractivity contribution in [2.45, 2.75) is 275 Å². The molecule has 0 bridgehead atoms. The number of hydrogen-bond acceptors (Lipinski definition) is 10. The number of methoxy groups -OCH3 is 1. The van der Waals surface area contributed by atoms with Crippen molar-refractivity contribution in [2.24, 2.45) is 0 Å². The Morgan fingerprint density at radius 2 is 0.922 bits per heavy atom. The van der Waals surface area contributed by atoms with Gasteiger partial charge in [-0.05, 0) is 0 Å². The van der Waals surface area contributed by atoms with Gasteiger partial charge in [0.2, 0.25) is 0 Å². The molecule has 0 aromatic carbocycles. The summed E-state index contributed by atoms with van der Waals surface area (Å²) in [5.41, 5.74) is -1.39. The smallest absolute Gasteiger partial charge is 0.0654 e. The van der Waals surface area contributed by atoms with Gasteiger partial charge in [-0.25, -0.2) is 0 Å². The normalized spacial score (nSPS) is 13.1. The minimum atomic E-state index is -1.11. The van der Waals surface area contributed by atoms with Crippen molar-refractivity contribution in [2.75, 3.05) is 20.3 Å². The van der Waals surface area contributed by atoms with Gasteiger partial charge in [-0.15, -0.1) is 0 Å². The Morgan fingerprint density at radius 3 is 1.33 bits per heavy atom. The average Bonchev–Trinajstić information content (AvgIpc) is 3.22. The molecule has 12 nitrogen and oxygen atoms in total. The Hall–Kier alpha value is -2.37. The molecular weight excluding hydrogens is 880 g/mol.